The summed E-state index contributed by atoms with van der Waals surface area (Å²) in [6, 6.07) is 0.142. The van der Waals surface area contributed by atoms with Gasteiger partial charge in [-0.05, 0) is 38.3 Å². The number of nitrogens with one attached hydrogen (secondary N) is 2. The molecule has 0 aromatic carbocycles. The van der Waals surface area contributed by atoms with Gasteiger partial charge in [0.2, 0.25) is 10.0 Å². The molecule has 0 aromatic rings. The van der Waals surface area contributed by atoms with E-state index in [0.717, 1.165) is 32.4 Å². The molecule has 5 heteroatoms. The predicted octanol–water partition coefficient (Wildman–Crippen LogP) is 0.704. The molecule has 0 amide bonds. The van der Waals surface area contributed by atoms with Crippen LogP contribution < -0.4 is 10.0 Å². The molecule has 0 saturated carbocycles. The zero-order valence-electron chi connectivity index (χ0n) is 9.62. The summed E-state index contributed by atoms with van der Waals surface area (Å²) >= 11 is 0. The van der Waals surface area contributed by atoms with Crippen LogP contribution in [0.25, 0.3) is 0 Å². The molecule has 0 aromatic heterocycles. The monoisotopic (exact) mass is 234 g/mol. The van der Waals surface area contributed by atoms with Crippen LogP contribution in [0.5, 0.6) is 0 Å². The van der Waals surface area contributed by atoms with Crippen LogP contribution in [0.1, 0.15) is 33.1 Å². The maximum absolute atomic E-state index is 11.7. The molecule has 1 saturated heterocycles. The summed E-state index contributed by atoms with van der Waals surface area (Å²) < 4.78 is 26.1. The Bertz CT molecular complexity index is 269. The second-order valence-electron chi connectivity index (χ2n) is 4.64. The van der Waals surface area contributed by atoms with Gasteiger partial charge in [-0.2, -0.15) is 0 Å². The van der Waals surface area contributed by atoms with Gasteiger partial charge in [-0.1, -0.05) is 13.8 Å². The van der Waals surface area contributed by atoms with Crippen LogP contribution >= 0.6 is 0 Å². The lowest BCUT2D eigenvalue weighted by Gasteiger charge is -2.23. The first-order chi connectivity index (χ1) is 6.99. The van der Waals surface area contributed by atoms with E-state index in [2.05, 4.69) is 10.0 Å². The van der Waals surface area contributed by atoms with Gasteiger partial charge in [0.1, 0.15) is 0 Å². The third kappa shape index (κ3) is 5.49. The number of hydrogen-bond donors (Lipinski definition) is 2. The minimum atomic E-state index is -3.05. The van der Waals surface area contributed by atoms with Crippen molar-refractivity contribution in [1.29, 1.82) is 0 Å². The zero-order valence-corrected chi connectivity index (χ0v) is 10.4. The minimum absolute atomic E-state index is 0.142. The average molecular weight is 234 g/mol. The second kappa shape index (κ2) is 5.82. The molecule has 15 heavy (non-hydrogen) atoms. The molecule has 1 aliphatic heterocycles. The van der Waals surface area contributed by atoms with Gasteiger partial charge in [0, 0.05) is 6.04 Å². The normalized spacial score (nSPS) is 19.7. The van der Waals surface area contributed by atoms with Gasteiger partial charge in [0.15, 0.2) is 0 Å². The van der Waals surface area contributed by atoms with E-state index in [1.54, 1.807) is 0 Å². The second-order valence-corrected chi connectivity index (χ2v) is 6.52. The average Bonchev–Trinajstić information content (AvgIpc) is 2.16. The van der Waals surface area contributed by atoms with E-state index in [1.807, 2.05) is 13.8 Å². The van der Waals surface area contributed by atoms with Crippen LogP contribution in [0, 0.1) is 5.92 Å². The first kappa shape index (κ1) is 12.9. The fourth-order valence-electron chi connectivity index (χ4n) is 1.64. The molecule has 0 aliphatic carbocycles. The van der Waals surface area contributed by atoms with Gasteiger partial charge in [-0.25, -0.2) is 13.1 Å². The standard InChI is InChI=1S/C10H22N2O2S/c1-9(2)5-8-15(13,14)12-10-3-6-11-7-4-10/h9-12H,3-8H2,1-2H3. The molecule has 1 fully saturated rings. The van der Waals surface area contributed by atoms with Gasteiger partial charge in [0.05, 0.1) is 5.75 Å². The van der Waals surface area contributed by atoms with Crippen LogP contribution in [0.15, 0.2) is 0 Å². The zero-order chi connectivity index (χ0) is 11.3. The third-order valence-corrected chi connectivity index (χ3v) is 4.11. The maximum Gasteiger partial charge on any atom is 0.211 e. The van der Waals surface area contributed by atoms with E-state index in [-0.39, 0.29) is 11.8 Å². The van der Waals surface area contributed by atoms with Crippen LogP contribution in [0.2, 0.25) is 0 Å². The topological polar surface area (TPSA) is 58.2 Å². The number of hydrogen-bond acceptors (Lipinski definition) is 3. The van der Waals surface area contributed by atoms with Crippen LogP contribution in [-0.4, -0.2) is 33.3 Å². The Morgan fingerprint density at radius 3 is 2.47 bits per heavy atom. The lowest BCUT2D eigenvalue weighted by atomic mass is 10.1. The smallest absolute Gasteiger partial charge is 0.211 e. The molecule has 0 bridgehead atoms. The first-order valence-corrected chi connectivity index (χ1v) is 7.35. The largest absolute Gasteiger partial charge is 0.317 e. The van der Waals surface area contributed by atoms with E-state index in [0.29, 0.717) is 5.92 Å². The molecule has 0 unspecified atom stereocenters. The van der Waals surface area contributed by atoms with Gasteiger partial charge < -0.3 is 5.32 Å². The van der Waals surface area contributed by atoms with E-state index in [1.165, 1.54) is 0 Å². The predicted molar refractivity (Wildman–Crippen MR) is 62.3 cm³/mol. The Morgan fingerprint density at radius 2 is 1.93 bits per heavy atom. The van der Waals surface area contributed by atoms with Crippen LogP contribution in [0.4, 0.5) is 0 Å². The Balaban J connectivity index is 2.34. The molecule has 0 atom stereocenters. The highest BCUT2D eigenvalue weighted by atomic mass is 32.2. The van der Waals surface area contributed by atoms with Crippen molar-refractivity contribution in [3.63, 3.8) is 0 Å². The first-order valence-electron chi connectivity index (χ1n) is 5.70. The number of rotatable bonds is 5. The van der Waals surface area contributed by atoms with Gasteiger partial charge in [0.25, 0.3) is 0 Å². The molecular formula is C10H22N2O2S. The summed E-state index contributed by atoms with van der Waals surface area (Å²) in [5, 5.41) is 3.22. The van der Waals surface area contributed by atoms with E-state index in [4.69, 9.17) is 0 Å². The van der Waals surface area contributed by atoms with Gasteiger partial charge in [-0.15, -0.1) is 0 Å². The van der Waals surface area contributed by atoms with Crippen molar-refractivity contribution in [2.75, 3.05) is 18.8 Å². The van der Waals surface area contributed by atoms with Crippen molar-refractivity contribution < 1.29 is 8.42 Å². The van der Waals surface area contributed by atoms with Crippen LogP contribution in [0.3, 0.4) is 0 Å². The molecule has 4 nitrogen and oxygen atoms in total. The lowest BCUT2D eigenvalue weighted by molar-refractivity contribution is 0.426. The Kier molecular flexibility index (Phi) is 5.02. The number of sulfonamides is 1. The fourth-order valence-corrected chi connectivity index (χ4v) is 3.29. The summed E-state index contributed by atoms with van der Waals surface area (Å²) in [4.78, 5) is 0. The Morgan fingerprint density at radius 1 is 1.33 bits per heavy atom. The van der Waals surface area contributed by atoms with E-state index in [9.17, 15) is 8.42 Å². The highest BCUT2D eigenvalue weighted by Crippen LogP contribution is 2.06. The molecule has 1 rings (SSSR count). The van der Waals surface area contributed by atoms with Crippen molar-refractivity contribution in [3.05, 3.63) is 0 Å². The number of piperidine rings is 1. The van der Waals surface area contributed by atoms with Gasteiger partial charge in [-0.3, -0.25) is 0 Å². The van der Waals surface area contributed by atoms with Crippen molar-refractivity contribution in [3.8, 4) is 0 Å². The van der Waals surface area contributed by atoms with Crippen molar-refractivity contribution in [2.24, 2.45) is 5.92 Å². The summed E-state index contributed by atoms with van der Waals surface area (Å²) in [5.74, 6) is 0.698. The summed E-state index contributed by atoms with van der Waals surface area (Å²) in [6.45, 7) is 5.91. The van der Waals surface area contributed by atoms with Crippen molar-refractivity contribution in [1.82, 2.24) is 10.0 Å². The molecular weight excluding hydrogens is 212 g/mol. The highest BCUT2D eigenvalue weighted by Gasteiger charge is 2.19. The maximum atomic E-state index is 11.7. The van der Waals surface area contributed by atoms with Gasteiger partial charge >= 0.3 is 0 Å². The third-order valence-electron chi connectivity index (χ3n) is 2.65. The molecule has 2 N–H and O–H groups in total. The fraction of sp³-hybridized carbons (Fsp3) is 1.00. The van der Waals surface area contributed by atoms with Crippen molar-refractivity contribution in [2.45, 2.75) is 39.2 Å². The molecule has 90 valence electrons. The molecule has 1 heterocycles. The Hall–Kier alpha value is -0.130. The van der Waals surface area contributed by atoms with Crippen molar-refractivity contribution >= 4 is 10.0 Å². The molecule has 0 radical (unpaired) electrons. The van der Waals surface area contributed by atoms with Crippen LogP contribution in [-0.2, 0) is 10.0 Å². The minimum Gasteiger partial charge on any atom is -0.317 e. The lowest BCUT2D eigenvalue weighted by Crippen LogP contribution is -2.43. The summed E-state index contributed by atoms with van der Waals surface area (Å²) in [6.07, 6.45) is 2.54. The highest BCUT2D eigenvalue weighted by molar-refractivity contribution is 7.89. The Labute approximate surface area is 92.9 Å². The molecule has 0 spiro atoms. The molecule has 1 aliphatic rings. The summed E-state index contributed by atoms with van der Waals surface area (Å²) in [5.41, 5.74) is 0. The van der Waals surface area contributed by atoms with E-state index < -0.39 is 10.0 Å². The SMILES string of the molecule is CC(C)CCS(=O)(=O)NC1CCNCC1. The quantitative estimate of drug-likeness (QED) is 0.736. The summed E-state index contributed by atoms with van der Waals surface area (Å²) in [7, 11) is -3.05. The van der Waals surface area contributed by atoms with E-state index >= 15 is 0 Å².